The van der Waals surface area contributed by atoms with Crippen molar-refractivity contribution in [3.8, 4) is 5.88 Å². The van der Waals surface area contributed by atoms with Gasteiger partial charge in [-0.25, -0.2) is 4.39 Å². The Morgan fingerprint density at radius 1 is 1.24 bits per heavy atom. The Balaban J connectivity index is 1.65. The molecule has 25 heavy (non-hydrogen) atoms. The Bertz CT molecular complexity index is 736. The van der Waals surface area contributed by atoms with Crippen LogP contribution in [-0.2, 0) is 0 Å². The Hall–Kier alpha value is -2.70. The van der Waals surface area contributed by atoms with E-state index in [9.17, 15) is 9.18 Å². The third-order valence-corrected chi connectivity index (χ3v) is 4.14. The topological polar surface area (TPSA) is 58.6 Å². The second kappa shape index (κ2) is 7.46. The molecule has 0 bridgehead atoms. The molecule has 0 N–H and O–H groups in total. The first-order valence-electron chi connectivity index (χ1n) is 8.26. The fourth-order valence-corrected chi connectivity index (χ4v) is 2.81. The third-order valence-electron chi connectivity index (χ3n) is 4.14. The smallest absolute Gasteiger partial charge is 0.256 e. The number of likely N-dealkylation sites (tertiary alicyclic amines) is 1. The molecule has 1 atom stereocenters. The number of hydrogen-bond acceptors (Lipinski definition) is 5. The van der Waals surface area contributed by atoms with Crippen molar-refractivity contribution < 1.29 is 13.9 Å². The van der Waals surface area contributed by atoms with Gasteiger partial charge in [-0.05, 0) is 31.0 Å². The van der Waals surface area contributed by atoms with Crippen LogP contribution in [0.1, 0.15) is 23.2 Å². The van der Waals surface area contributed by atoms with Crippen molar-refractivity contribution in [3.63, 3.8) is 0 Å². The van der Waals surface area contributed by atoms with Crippen LogP contribution < -0.4 is 9.64 Å². The fourth-order valence-electron chi connectivity index (χ4n) is 2.81. The second-order valence-corrected chi connectivity index (χ2v) is 6.24. The minimum absolute atomic E-state index is 0.0956. The van der Waals surface area contributed by atoms with E-state index in [-0.39, 0.29) is 17.6 Å². The van der Waals surface area contributed by atoms with Crippen molar-refractivity contribution in [1.82, 2.24) is 15.1 Å². The van der Waals surface area contributed by atoms with Crippen LogP contribution in [0.25, 0.3) is 0 Å². The third kappa shape index (κ3) is 4.04. The number of benzene rings is 1. The molecular weight excluding hydrogens is 323 g/mol. The summed E-state index contributed by atoms with van der Waals surface area (Å²) >= 11 is 0. The normalized spacial score (nSPS) is 17.2. The molecule has 1 aromatic heterocycles. The van der Waals surface area contributed by atoms with E-state index in [0.717, 1.165) is 18.7 Å². The molecule has 0 radical (unpaired) electrons. The van der Waals surface area contributed by atoms with Crippen LogP contribution >= 0.6 is 0 Å². The summed E-state index contributed by atoms with van der Waals surface area (Å²) in [4.78, 5) is 16.0. The molecule has 2 heterocycles. The molecule has 1 amide bonds. The molecule has 132 valence electrons. The monoisotopic (exact) mass is 344 g/mol. The number of carbonyl (C=O) groups excluding carboxylic acids is 1. The highest BCUT2D eigenvalue weighted by Crippen LogP contribution is 2.20. The van der Waals surface area contributed by atoms with Gasteiger partial charge < -0.3 is 14.5 Å². The number of carbonyl (C=O) groups is 1. The van der Waals surface area contributed by atoms with Gasteiger partial charge in [-0.2, -0.15) is 0 Å². The number of piperidine rings is 1. The number of rotatable bonds is 4. The van der Waals surface area contributed by atoms with E-state index in [4.69, 9.17) is 4.74 Å². The van der Waals surface area contributed by atoms with Gasteiger partial charge in [0.25, 0.3) is 5.91 Å². The molecule has 1 aliphatic rings. The van der Waals surface area contributed by atoms with E-state index >= 15 is 0 Å². The summed E-state index contributed by atoms with van der Waals surface area (Å²) in [6, 6.07) is 9.63. The summed E-state index contributed by atoms with van der Waals surface area (Å²) in [5, 5.41) is 8.14. The number of anilines is 1. The lowest BCUT2D eigenvalue weighted by Gasteiger charge is -2.32. The summed E-state index contributed by atoms with van der Waals surface area (Å²) < 4.78 is 19.7. The number of ether oxygens (including phenoxy) is 1. The zero-order chi connectivity index (χ0) is 17.8. The highest BCUT2D eigenvalue weighted by atomic mass is 19.1. The zero-order valence-corrected chi connectivity index (χ0v) is 14.4. The molecule has 7 heteroatoms. The van der Waals surface area contributed by atoms with Crippen LogP contribution in [0.2, 0.25) is 0 Å². The maximum absolute atomic E-state index is 13.8. The van der Waals surface area contributed by atoms with Gasteiger partial charge in [0.15, 0.2) is 5.82 Å². The summed E-state index contributed by atoms with van der Waals surface area (Å²) in [5.74, 6) is 0.365. The summed E-state index contributed by atoms with van der Waals surface area (Å²) in [6.07, 6.45) is 1.44. The minimum atomic E-state index is -0.499. The highest BCUT2D eigenvalue weighted by Gasteiger charge is 2.27. The van der Waals surface area contributed by atoms with Gasteiger partial charge >= 0.3 is 0 Å². The average molecular weight is 344 g/mol. The predicted molar refractivity (Wildman–Crippen MR) is 92.3 cm³/mol. The van der Waals surface area contributed by atoms with E-state index in [2.05, 4.69) is 10.2 Å². The van der Waals surface area contributed by atoms with E-state index in [0.29, 0.717) is 19.0 Å². The predicted octanol–water partition coefficient (Wildman–Crippen LogP) is 2.37. The Kier molecular flexibility index (Phi) is 5.11. The lowest BCUT2D eigenvalue weighted by Crippen LogP contribution is -2.44. The fraction of sp³-hybridized carbons (Fsp3) is 0.389. The van der Waals surface area contributed by atoms with Crippen LogP contribution in [0.4, 0.5) is 10.2 Å². The molecule has 1 saturated heterocycles. The molecule has 3 rings (SSSR count). The van der Waals surface area contributed by atoms with E-state index in [1.54, 1.807) is 23.1 Å². The van der Waals surface area contributed by atoms with Gasteiger partial charge in [0.2, 0.25) is 5.88 Å². The molecule has 6 nitrogen and oxygen atoms in total. The van der Waals surface area contributed by atoms with Crippen LogP contribution in [0.3, 0.4) is 0 Å². The minimum Gasteiger partial charge on any atom is -0.471 e. The quantitative estimate of drug-likeness (QED) is 0.852. The van der Waals surface area contributed by atoms with Gasteiger partial charge in [0.1, 0.15) is 11.9 Å². The first-order valence-corrected chi connectivity index (χ1v) is 8.26. The van der Waals surface area contributed by atoms with Crippen LogP contribution in [0, 0.1) is 5.82 Å². The number of hydrogen-bond donors (Lipinski definition) is 0. The van der Waals surface area contributed by atoms with Crippen molar-refractivity contribution in [3.05, 3.63) is 47.8 Å². The highest BCUT2D eigenvalue weighted by molar-refractivity contribution is 5.94. The van der Waals surface area contributed by atoms with Crippen molar-refractivity contribution in [1.29, 1.82) is 0 Å². The Morgan fingerprint density at radius 3 is 2.72 bits per heavy atom. The van der Waals surface area contributed by atoms with Crippen LogP contribution in [0.15, 0.2) is 36.4 Å². The van der Waals surface area contributed by atoms with Gasteiger partial charge in [0.05, 0.1) is 12.1 Å². The SMILES string of the molecule is CN(C)c1ccc(OC2CCCN(C(=O)c3ccccc3F)C2)nn1. The molecular formula is C18H21FN4O2. The van der Waals surface area contributed by atoms with Crippen molar-refractivity contribution in [2.75, 3.05) is 32.1 Å². The second-order valence-electron chi connectivity index (χ2n) is 6.24. The number of halogens is 1. The van der Waals surface area contributed by atoms with Gasteiger partial charge in [-0.15, -0.1) is 10.2 Å². The molecule has 1 aliphatic heterocycles. The number of nitrogens with zero attached hydrogens (tertiary/aromatic N) is 4. The summed E-state index contributed by atoms with van der Waals surface area (Å²) in [5.41, 5.74) is 0.0956. The van der Waals surface area contributed by atoms with E-state index in [1.807, 2.05) is 25.1 Å². The van der Waals surface area contributed by atoms with Crippen molar-refractivity contribution in [2.24, 2.45) is 0 Å². The molecule has 0 spiro atoms. The standard InChI is InChI=1S/C18H21FN4O2/c1-22(2)16-9-10-17(21-20-16)25-13-6-5-11-23(12-13)18(24)14-7-3-4-8-15(14)19/h3-4,7-10,13H,5-6,11-12H2,1-2H3. The van der Waals surface area contributed by atoms with Gasteiger partial charge in [-0.3, -0.25) is 4.79 Å². The Morgan fingerprint density at radius 2 is 2.04 bits per heavy atom. The molecule has 0 aliphatic carbocycles. The van der Waals surface area contributed by atoms with Crippen LogP contribution in [-0.4, -0.2) is 54.3 Å². The van der Waals surface area contributed by atoms with Gasteiger partial charge in [0, 0.05) is 26.7 Å². The molecule has 2 aromatic rings. The zero-order valence-electron chi connectivity index (χ0n) is 14.4. The maximum Gasteiger partial charge on any atom is 0.256 e. The first kappa shape index (κ1) is 17.1. The molecule has 1 fully saturated rings. The maximum atomic E-state index is 13.8. The van der Waals surface area contributed by atoms with Crippen molar-refractivity contribution in [2.45, 2.75) is 18.9 Å². The lowest BCUT2D eigenvalue weighted by molar-refractivity contribution is 0.0521. The number of amides is 1. The summed E-state index contributed by atoms with van der Waals surface area (Å²) in [6.45, 7) is 1.00. The van der Waals surface area contributed by atoms with Crippen molar-refractivity contribution >= 4 is 11.7 Å². The largest absolute Gasteiger partial charge is 0.471 e. The number of aromatic nitrogens is 2. The summed E-state index contributed by atoms with van der Waals surface area (Å²) in [7, 11) is 3.77. The first-order chi connectivity index (χ1) is 12.0. The van der Waals surface area contributed by atoms with Gasteiger partial charge in [-0.1, -0.05) is 12.1 Å². The molecule has 1 unspecified atom stereocenters. The molecule has 1 aromatic carbocycles. The van der Waals surface area contributed by atoms with Crippen LogP contribution in [0.5, 0.6) is 5.88 Å². The van der Waals surface area contributed by atoms with E-state index in [1.165, 1.54) is 12.1 Å². The average Bonchev–Trinajstić information content (AvgIpc) is 2.62. The Labute approximate surface area is 146 Å². The lowest BCUT2D eigenvalue weighted by atomic mass is 10.1. The molecule has 0 saturated carbocycles. The van der Waals surface area contributed by atoms with E-state index < -0.39 is 5.82 Å².